The summed E-state index contributed by atoms with van der Waals surface area (Å²) in [5, 5.41) is 7.46. The second-order valence-corrected chi connectivity index (χ2v) is 5.66. The maximum absolute atomic E-state index is 5.72. The van der Waals surface area contributed by atoms with E-state index >= 15 is 0 Å². The van der Waals surface area contributed by atoms with E-state index in [0.717, 1.165) is 31.2 Å². The molecule has 1 saturated heterocycles. The summed E-state index contributed by atoms with van der Waals surface area (Å²) in [6.07, 6.45) is 0.616. The van der Waals surface area contributed by atoms with E-state index < -0.39 is 0 Å². The van der Waals surface area contributed by atoms with Crippen molar-refractivity contribution >= 4 is 12.4 Å². The normalized spacial score (nSPS) is 18.4. The Labute approximate surface area is 142 Å². The Morgan fingerprint density at radius 2 is 2.30 bits per heavy atom. The molecule has 7 heteroatoms. The highest BCUT2D eigenvalue weighted by molar-refractivity contribution is 5.85. The van der Waals surface area contributed by atoms with Crippen molar-refractivity contribution in [3.63, 3.8) is 0 Å². The van der Waals surface area contributed by atoms with Gasteiger partial charge >= 0.3 is 0 Å². The van der Waals surface area contributed by atoms with Crippen molar-refractivity contribution in [1.82, 2.24) is 20.4 Å². The Hall–Kier alpha value is -1.63. The first-order chi connectivity index (χ1) is 10.7. The van der Waals surface area contributed by atoms with Gasteiger partial charge in [-0.2, -0.15) is 4.98 Å². The van der Waals surface area contributed by atoms with Crippen LogP contribution in [0.1, 0.15) is 23.3 Å². The lowest BCUT2D eigenvalue weighted by atomic mass is 10.2. The van der Waals surface area contributed by atoms with Gasteiger partial charge in [0.05, 0.1) is 19.1 Å². The molecule has 2 heterocycles. The number of rotatable bonds is 5. The van der Waals surface area contributed by atoms with E-state index in [1.165, 1.54) is 5.56 Å². The Bertz CT molecular complexity index is 620. The van der Waals surface area contributed by atoms with E-state index in [1.807, 2.05) is 31.2 Å². The lowest BCUT2D eigenvalue weighted by Crippen LogP contribution is -2.44. The van der Waals surface area contributed by atoms with Crippen LogP contribution in [0.5, 0.6) is 5.75 Å². The Kier molecular flexibility index (Phi) is 6.38. The molecular formula is C16H23ClN4O2. The predicted molar refractivity (Wildman–Crippen MR) is 90.2 cm³/mol. The maximum Gasteiger partial charge on any atom is 0.230 e. The van der Waals surface area contributed by atoms with Crippen molar-refractivity contribution in [3.8, 4) is 5.75 Å². The number of aryl methyl sites for hydroxylation is 1. The first-order valence-electron chi connectivity index (χ1n) is 7.65. The molecule has 3 rings (SSSR count). The largest absolute Gasteiger partial charge is 0.493 e. The van der Waals surface area contributed by atoms with Gasteiger partial charge in [0.15, 0.2) is 5.82 Å². The number of piperazine rings is 1. The molecule has 0 radical (unpaired) electrons. The minimum Gasteiger partial charge on any atom is -0.493 e. The van der Waals surface area contributed by atoms with E-state index in [9.17, 15) is 0 Å². The van der Waals surface area contributed by atoms with Gasteiger partial charge in [-0.25, -0.2) is 0 Å². The summed E-state index contributed by atoms with van der Waals surface area (Å²) in [6, 6.07) is 8.19. The third kappa shape index (κ3) is 4.67. The number of aromatic nitrogens is 2. The fourth-order valence-electron chi connectivity index (χ4n) is 2.56. The van der Waals surface area contributed by atoms with E-state index in [-0.39, 0.29) is 18.4 Å². The highest BCUT2D eigenvalue weighted by atomic mass is 35.5. The zero-order valence-corrected chi connectivity index (χ0v) is 14.3. The zero-order valence-electron chi connectivity index (χ0n) is 13.5. The van der Waals surface area contributed by atoms with E-state index in [2.05, 4.69) is 27.4 Å². The number of nitrogens with zero attached hydrogens (tertiary/aromatic N) is 3. The second kappa shape index (κ2) is 8.29. The van der Waals surface area contributed by atoms with Crippen LogP contribution in [0.3, 0.4) is 0 Å². The number of halogens is 1. The Balaban J connectivity index is 0.00000192. The quantitative estimate of drug-likeness (QED) is 0.899. The molecule has 126 valence electrons. The molecule has 1 fully saturated rings. The molecule has 2 aromatic rings. The number of nitrogens with one attached hydrogen (secondary N) is 1. The van der Waals surface area contributed by atoms with Gasteiger partial charge in [0, 0.05) is 19.6 Å². The van der Waals surface area contributed by atoms with Crippen molar-refractivity contribution in [2.75, 3.05) is 33.3 Å². The van der Waals surface area contributed by atoms with Gasteiger partial charge in [0.1, 0.15) is 5.75 Å². The number of hydrogen-bond donors (Lipinski definition) is 1. The molecule has 0 aliphatic carbocycles. The van der Waals surface area contributed by atoms with Gasteiger partial charge < -0.3 is 14.6 Å². The average molecular weight is 339 g/mol. The van der Waals surface area contributed by atoms with Gasteiger partial charge in [0.2, 0.25) is 5.89 Å². The summed E-state index contributed by atoms with van der Waals surface area (Å²) >= 11 is 0. The van der Waals surface area contributed by atoms with E-state index in [0.29, 0.717) is 18.9 Å². The molecule has 1 aliphatic rings. The summed E-state index contributed by atoms with van der Waals surface area (Å²) in [4.78, 5) is 6.74. The molecule has 0 amide bonds. The highest BCUT2D eigenvalue weighted by Crippen LogP contribution is 2.18. The molecule has 23 heavy (non-hydrogen) atoms. The number of likely N-dealkylation sites (N-methyl/N-ethyl adjacent to an activating group) is 1. The molecule has 1 aromatic heterocycles. The molecule has 0 spiro atoms. The minimum atomic E-state index is 0. The molecule has 1 aromatic carbocycles. The lowest BCUT2D eigenvalue weighted by molar-refractivity contribution is 0.190. The summed E-state index contributed by atoms with van der Waals surface area (Å²) < 4.78 is 11.0. The van der Waals surface area contributed by atoms with Crippen LogP contribution in [0.15, 0.2) is 28.8 Å². The van der Waals surface area contributed by atoms with Crippen LogP contribution in [0, 0.1) is 6.92 Å². The summed E-state index contributed by atoms with van der Waals surface area (Å²) in [5.74, 6) is 2.25. The third-order valence-electron chi connectivity index (χ3n) is 3.87. The monoisotopic (exact) mass is 338 g/mol. The Morgan fingerprint density at radius 1 is 1.43 bits per heavy atom. The number of ether oxygens (including phenoxy) is 1. The first-order valence-corrected chi connectivity index (χ1v) is 7.65. The second-order valence-electron chi connectivity index (χ2n) is 5.66. The van der Waals surface area contributed by atoms with E-state index in [1.54, 1.807) is 0 Å². The lowest BCUT2D eigenvalue weighted by Gasteiger charge is -2.30. The summed E-state index contributed by atoms with van der Waals surface area (Å²) in [5.41, 5.74) is 1.19. The van der Waals surface area contributed by atoms with Crippen LogP contribution in [0.4, 0.5) is 0 Å². The average Bonchev–Trinajstić information content (AvgIpc) is 2.96. The van der Waals surface area contributed by atoms with Crippen molar-refractivity contribution in [2.24, 2.45) is 0 Å². The van der Waals surface area contributed by atoms with Gasteiger partial charge in [-0.1, -0.05) is 17.3 Å². The van der Waals surface area contributed by atoms with Crippen LogP contribution < -0.4 is 10.1 Å². The molecule has 1 aliphatic heterocycles. The van der Waals surface area contributed by atoms with Crippen LogP contribution >= 0.6 is 12.4 Å². The molecular weight excluding hydrogens is 316 g/mol. The topological polar surface area (TPSA) is 63.4 Å². The van der Waals surface area contributed by atoms with Crippen molar-refractivity contribution in [1.29, 1.82) is 0 Å². The summed E-state index contributed by atoms with van der Waals surface area (Å²) in [6.45, 7) is 5.43. The van der Waals surface area contributed by atoms with E-state index in [4.69, 9.17) is 9.26 Å². The predicted octanol–water partition coefficient (Wildman–Crippen LogP) is 2.00. The molecule has 1 N–H and O–H groups in total. The molecule has 0 bridgehead atoms. The van der Waals surface area contributed by atoms with Gasteiger partial charge in [-0.3, -0.25) is 4.90 Å². The van der Waals surface area contributed by atoms with Gasteiger partial charge in [-0.05, 0) is 31.7 Å². The third-order valence-corrected chi connectivity index (χ3v) is 3.87. The number of hydrogen-bond acceptors (Lipinski definition) is 6. The van der Waals surface area contributed by atoms with Crippen LogP contribution in [0.2, 0.25) is 0 Å². The Morgan fingerprint density at radius 3 is 3.09 bits per heavy atom. The standard InChI is InChI=1S/C16H22N4O2.ClH/c1-12-4-3-5-13(10-12)21-9-6-15-18-16(19-22-15)14-11-17-7-8-20(14)2;/h3-5,10,14,17H,6-9,11H2,1-2H3;1H. The van der Waals surface area contributed by atoms with Crippen LogP contribution in [0.25, 0.3) is 0 Å². The van der Waals surface area contributed by atoms with Crippen molar-refractivity contribution in [2.45, 2.75) is 19.4 Å². The van der Waals surface area contributed by atoms with Crippen LogP contribution in [-0.2, 0) is 6.42 Å². The molecule has 1 atom stereocenters. The molecule has 6 nitrogen and oxygen atoms in total. The maximum atomic E-state index is 5.72. The van der Waals surface area contributed by atoms with Gasteiger partial charge in [0.25, 0.3) is 0 Å². The SMILES string of the molecule is Cc1cccc(OCCc2nc(C3CNCCN3C)no2)c1.Cl. The fourth-order valence-corrected chi connectivity index (χ4v) is 2.56. The van der Waals surface area contributed by atoms with Crippen LogP contribution in [-0.4, -0.2) is 48.3 Å². The highest BCUT2D eigenvalue weighted by Gasteiger charge is 2.25. The number of benzene rings is 1. The van der Waals surface area contributed by atoms with Crippen molar-refractivity contribution in [3.05, 3.63) is 41.5 Å². The minimum absolute atomic E-state index is 0. The zero-order chi connectivity index (χ0) is 15.4. The van der Waals surface area contributed by atoms with Crippen molar-refractivity contribution < 1.29 is 9.26 Å². The fraction of sp³-hybridized carbons (Fsp3) is 0.500. The molecule has 0 saturated carbocycles. The smallest absolute Gasteiger partial charge is 0.230 e. The van der Waals surface area contributed by atoms with Gasteiger partial charge in [-0.15, -0.1) is 12.4 Å². The first kappa shape index (κ1) is 17.7. The molecule has 1 unspecified atom stereocenters. The summed E-state index contributed by atoms with van der Waals surface area (Å²) in [7, 11) is 2.09.